The number of aryl methyl sites for hydroxylation is 1. The average molecular weight is 276 g/mol. The number of thiocarbonyl (C=S) groups is 1. The normalized spacial score (nSPS) is 23.1. The Hall–Kier alpha value is -1.09. The number of benzene rings is 1. The molecule has 0 aromatic heterocycles. The molecule has 1 aliphatic rings. The minimum absolute atomic E-state index is 0.475. The average Bonchev–Trinajstić information content (AvgIpc) is 2.39. The van der Waals surface area contributed by atoms with E-state index < -0.39 is 0 Å². The maximum Gasteiger partial charge on any atom is 0.106 e. The fourth-order valence-electron chi connectivity index (χ4n) is 2.89. The maximum atomic E-state index is 5.80. The molecule has 0 heterocycles. The van der Waals surface area contributed by atoms with Crippen molar-refractivity contribution in [3.05, 3.63) is 29.3 Å². The summed E-state index contributed by atoms with van der Waals surface area (Å²) in [6.07, 6.45) is 5.40. The van der Waals surface area contributed by atoms with Crippen molar-refractivity contribution in [2.75, 3.05) is 11.9 Å². The van der Waals surface area contributed by atoms with E-state index in [1.165, 1.54) is 31.2 Å². The van der Waals surface area contributed by atoms with Crippen LogP contribution >= 0.6 is 12.2 Å². The summed E-state index contributed by atoms with van der Waals surface area (Å²) < 4.78 is 0. The molecule has 1 aromatic carbocycles. The first-order chi connectivity index (χ1) is 9.08. The van der Waals surface area contributed by atoms with Crippen molar-refractivity contribution in [3.8, 4) is 0 Å². The lowest BCUT2D eigenvalue weighted by Gasteiger charge is -2.27. The van der Waals surface area contributed by atoms with Gasteiger partial charge in [-0.2, -0.15) is 0 Å². The molecular formula is C16H24N2S. The van der Waals surface area contributed by atoms with Gasteiger partial charge in [0.1, 0.15) is 4.99 Å². The number of para-hydroxylation sites is 1. The van der Waals surface area contributed by atoms with Crippen LogP contribution in [0.2, 0.25) is 0 Å². The van der Waals surface area contributed by atoms with E-state index in [1.54, 1.807) is 0 Å². The highest BCUT2D eigenvalue weighted by molar-refractivity contribution is 7.80. The molecule has 1 saturated carbocycles. The van der Waals surface area contributed by atoms with Crippen LogP contribution in [0.15, 0.2) is 18.2 Å². The summed E-state index contributed by atoms with van der Waals surface area (Å²) >= 11 is 5.13. The lowest BCUT2D eigenvalue weighted by Crippen LogP contribution is -2.22. The van der Waals surface area contributed by atoms with Crippen LogP contribution in [0.3, 0.4) is 0 Å². The third-order valence-electron chi connectivity index (χ3n) is 4.24. The van der Waals surface area contributed by atoms with Gasteiger partial charge in [-0.15, -0.1) is 0 Å². The van der Waals surface area contributed by atoms with Gasteiger partial charge in [0.2, 0.25) is 0 Å². The monoisotopic (exact) mass is 276 g/mol. The third-order valence-corrected chi connectivity index (χ3v) is 4.46. The van der Waals surface area contributed by atoms with Crippen molar-refractivity contribution >= 4 is 22.9 Å². The van der Waals surface area contributed by atoms with Gasteiger partial charge in [-0.25, -0.2) is 0 Å². The first kappa shape index (κ1) is 14.3. The second-order valence-corrected chi connectivity index (χ2v) is 6.31. The van der Waals surface area contributed by atoms with E-state index in [1.807, 2.05) is 12.1 Å². The topological polar surface area (TPSA) is 38.0 Å². The van der Waals surface area contributed by atoms with Gasteiger partial charge in [0.15, 0.2) is 0 Å². The lowest BCUT2D eigenvalue weighted by atomic mass is 9.83. The second kappa shape index (κ2) is 6.38. The van der Waals surface area contributed by atoms with E-state index in [0.29, 0.717) is 4.99 Å². The van der Waals surface area contributed by atoms with E-state index in [4.69, 9.17) is 18.0 Å². The molecule has 0 radical (unpaired) electrons. The summed E-state index contributed by atoms with van der Waals surface area (Å²) in [5.74, 6) is 1.69. The van der Waals surface area contributed by atoms with Gasteiger partial charge in [0, 0.05) is 17.8 Å². The number of nitrogens with two attached hydrogens (primary N) is 1. The van der Waals surface area contributed by atoms with Gasteiger partial charge in [0.25, 0.3) is 0 Å². The Kier molecular flexibility index (Phi) is 4.81. The zero-order valence-corrected chi connectivity index (χ0v) is 12.7. The molecule has 0 bridgehead atoms. The zero-order chi connectivity index (χ0) is 13.8. The minimum Gasteiger partial charge on any atom is -0.389 e. The summed E-state index contributed by atoms with van der Waals surface area (Å²) in [6.45, 7) is 5.50. The van der Waals surface area contributed by atoms with Crippen LogP contribution in [0.1, 0.15) is 43.7 Å². The Morgan fingerprint density at radius 3 is 2.63 bits per heavy atom. The Morgan fingerprint density at radius 1 is 1.32 bits per heavy atom. The first-order valence-electron chi connectivity index (χ1n) is 7.21. The Balaban J connectivity index is 2.01. The van der Waals surface area contributed by atoms with Crippen LogP contribution in [0.5, 0.6) is 0 Å². The third kappa shape index (κ3) is 3.69. The quantitative estimate of drug-likeness (QED) is 0.820. The molecule has 3 N–H and O–H groups in total. The Bertz CT molecular complexity index is 448. The Labute approximate surface area is 121 Å². The zero-order valence-electron chi connectivity index (χ0n) is 11.9. The van der Waals surface area contributed by atoms with Gasteiger partial charge in [-0.3, -0.25) is 0 Å². The van der Waals surface area contributed by atoms with Gasteiger partial charge in [0.05, 0.1) is 0 Å². The molecule has 1 aromatic rings. The minimum atomic E-state index is 0.475. The van der Waals surface area contributed by atoms with Crippen molar-refractivity contribution in [2.45, 2.75) is 39.5 Å². The van der Waals surface area contributed by atoms with Crippen molar-refractivity contribution < 1.29 is 0 Å². The lowest BCUT2D eigenvalue weighted by molar-refractivity contribution is 0.300. The van der Waals surface area contributed by atoms with Gasteiger partial charge in [-0.05, 0) is 43.2 Å². The van der Waals surface area contributed by atoms with Crippen LogP contribution in [0.25, 0.3) is 0 Å². The maximum absolute atomic E-state index is 5.80. The highest BCUT2D eigenvalue weighted by Gasteiger charge is 2.18. The molecule has 0 saturated heterocycles. The number of hydrogen-bond donors (Lipinski definition) is 2. The predicted octanol–water partition coefficient (Wildman–Crippen LogP) is 3.87. The van der Waals surface area contributed by atoms with Gasteiger partial charge >= 0.3 is 0 Å². The molecule has 0 aliphatic heterocycles. The fraction of sp³-hybridized carbons (Fsp3) is 0.562. The second-order valence-electron chi connectivity index (χ2n) is 5.87. The number of rotatable bonds is 4. The fourth-order valence-corrected chi connectivity index (χ4v) is 3.06. The van der Waals surface area contributed by atoms with Crippen molar-refractivity contribution in [1.29, 1.82) is 0 Å². The van der Waals surface area contributed by atoms with Crippen molar-refractivity contribution in [3.63, 3.8) is 0 Å². The molecule has 0 atom stereocenters. The number of nitrogens with one attached hydrogen (secondary N) is 1. The largest absolute Gasteiger partial charge is 0.389 e. The Morgan fingerprint density at radius 2 is 2.00 bits per heavy atom. The molecule has 104 valence electrons. The summed E-state index contributed by atoms with van der Waals surface area (Å²) in [4.78, 5) is 0.475. The van der Waals surface area contributed by atoms with Crippen LogP contribution in [-0.4, -0.2) is 11.5 Å². The molecule has 2 rings (SSSR count). The predicted molar refractivity (Wildman–Crippen MR) is 86.7 cm³/mol. The molecule has 19 heavy (non-hydrogen) atoms. The summed E-state index contributed by atoms with van der Waals surface area (Å²) in [6, 6.07) is 6.12. The van der Waals surface area contributed by atoms with Gasteiger partial charge < -0.3 is 11.1 Å². The molecule has 1 fully saturated rings. The van der Waals surface area contributed by atoms with E-state index >= 15 is 0 Å². The van der Waals surface area contributed by atoms with Crippen molar-refractivity contribution in [1.82, 2.24) is 0 Å². The van der Waals surface area contributed by atoms with Crippen LogP contribution < -0.4 is 11.1 Å². The number of anilines is 1. The van der Waals surface area contributed by atoms with E-state index in [0.717, 1.165) is 29.6 Å². The van der Waals surface area contributed by atoms with Crippen molar-refractivity contribution in [2.24, 2.45) is 17.6 Å². The summed E-state index contributed by atoms with van der Waals surface area (Å²) in [5.41, 5.74) is 9.11. The highest BCUT2D eigenvalue weighted by atomic mass is 32.1. The highest BCUT2D eigenvalue weighted by Crippen LogP contribution is 2.29. The SMILES string of the molecule is Cc1cccc(C(N)=S)c1NCC1CCC(C)CC1. The van der Waals surface area contributed by atoms with Crippen LogP contribution in [-0.2, 0) is 0 Å². The molecule has 3 heteroatoms. The molecular weight excluding hydrogens is 252 g/mol. The summed E-state index contributed by atoms with van der Waals surface area (Å²) in [5, 5.41) is 3.58. The standard InChI is InChI=1S/C16H24N2S/c1-11-6-8-13(9-7-11)10-18-15-12(2)4-3-5-14(15)16(17)19/h3-5,11,13,18H,6-10H2,1-2H3,(H2,17,19). The van der Waals surface area contributed by atoms with Crippen LogP contribution in [0.4, 0.5) is 5.69 Å². The molecule has 1 aliphatic carbocycles. The molecule has 2 nitrogen and oxygen atoms in total. The van der Waals surface area contributed by atoms with E-state index in [2.05, 4.69) is 25.2 Å². The molecule has 0 spiro atoms. The van der Waals surface area contributed by atoms with E-state index in [-0.39, 0.29) is 0 Å². The van der Waals surface area contributed by atoms with Crippen LogP contribution in [0, 0.1) is 18.8 Å². The summed E-state index contributed by atoms with van der Waals surface area (Å²) in [7, 11) is 0. The number of hydrogen-bond acceptors (Lipinski definition) is 2. The molecule has 0 unspecified atom stereocenters. The molecule has 0 amide bonds. The smallest absolute Gasteiger partial charge is 0.106 e. The van der Waals surface area contributed by atoms with Gasteiger partial charge in [-0.1, -0.05) is 44.1 Å². The van der Waals surface area contributed by atoms with E-state index in [9.17, 15) is 0 Å². The first-order valence-corrected chi connectivity index (χ1v) is 7.62.